The monoisotopic (exact) mass is 423 g/mol. The number of methoxy groups -OCH3 is 1. The first-order valence-electron chi connectivity index (χ1n) is 10.0. The number of thiophene rings is 1. The van der Waals surface area contributed by atoms with Crippen molar-refractivity contribution in [2.75, 3.05) is 54.0 Å². The number of hydrogen-bond acceptors (Lipinski definition) is 5. The summed E-state index contributed by atoms with van der Waals surface area (Å²) in [4.78, 5) is 33.3. The third-order valence-electron chi connectivity index (χ3n) is 4.82. The van der Waals surface area contributed by atoms with Gasteiger partial charge in [0.05, 0.1) is 13.0 Å². The molecule has 1 fully saturated rings. The van der Waals surface area contributed by atoms with Crippen LogP contribution in [-0.2, 0) is 20.7 Å². The van der Waals surface area contributed by atoms with Crippen molar-refractivity contribution in [1.82, 2.24) is 20.4 Å². The summed E-state index contributed by atoms with van der Waals surface area (Å²) in [7, 11) is 5.06. The molecule has 9 heteroatoms. The summed E-state index contributed by atoms with van der Waals surface area (Å²) in [5, 5.41) is 8.85. The predicted molar refractivity (Wildman–Crippen MR) is 116 cm³/mol. The SMILES string of the molecule is COCCC(=O)N1CCC(NC(=NCC(=O)N(C)C)NCCc2cccs2)CC1. The molecule has 0 unspecified atom stereocenters. The highest BCUT2D eigenvalue weighted by Crippen LogP contribution is 2.12. The van der Waals surface area contributed by atoms with E-state index in [1.165, 1.54) is 9.78 Å². The van der Waals surface area contributed by atoms with Crippen LogP contribution in [0.2, 0.25) is 0 Å². The van der Waals surface area contributed by atoms with Gasteiger partial charge in [0.1, 0.15) is 6.54 Å². The lowest BCUT2D eigenvalue weighted by molar-refractivity contribution is -0.133. The summed E-state index contributed by atoms with van der Waals surface area (Å²) >= 11 is 1.73. The average Bonchev–Trinajstić information content (AvgIpc) is 3.23. The smallest absolute Gasteiger partial charge is 0.243 e. The zero-order chi connectivity index (χ0) is 21.1. The van der Waals surface area contributed by atoms with Crippen LogP contribution < -0.4 is 10.6 Å². The molecule has 8 nitrogen and oxygen atoms in total. The van der Waals surface area contributed by atoms with E-state index in [1.54, 1.807) is 32.5 Å². The van der Waals surface area contributed by atoms with E-state index < -0.39 is 0 Å². The number of carbonyl (C=O) groups excluding carboxylic acids is 2. The van der Waals surface area contributed by atoms with Crippen molar-refractivity contribution in [3.8, 4) is 0 Å². The van der Waals surface area contributed by atoms with E-state index in [1.807, 2.05) is 11.0 Å². The molecule has 0 saturated carbocycles. The molecule has 0 spiro atoms. The zero-order valence-corrected chi connectivity index (χ0v) is 18.5. The molecule has 1 aromatic rings. The van der Waals surface area contributed by atoms with Crippen molar-refractivity contribution >= 4 is 29.1 Å². The van der Waals surface area contributed by atoms with Crippen LogP contribution in [0.15, 0.2) is 22.5 Å². The number of guanidine groups is 1. The summed E-state index contributed by atoms with van der Waals surface area (Å²) < 4.78 is 4.99. The Morgan fingerprint density at radius 2 is 2.10 bits per heavy atom. The van der Waals surface area contributed by atoms with Crippen LogP contribution in [0.25, 0.3) is 0 Å². The highest BCUT2D eigenvalue weighted by atomic mass is 32.1. The Morgan fingerprint density at radius 3 is 2.72 bits per heavy atom. The molecule has 2 amide bonds. The molecular weight excluding hydrogens is 390 g/mol. The van der Waals surface area contributed by atoms with Gasteiger partial charge in [-0.15, -0.1) is 11.3 Å². The van der Waals surface area contributed by atoms with E-state index in [0.717, 1.165) is 38.9 Å². The van der Waals surface area contributed by atoms with Crippen LogP contribution in [0.5, 0.6) is 0 Å². The van der Waals surface area contributed by atoms with Gasteiger partial charge in [-0.05, 0) is 30.7 Å². The maximum Gasteiger partial charge on any atom is 0.243 e. The Bertz CT molecular complexity index is 655. The number of likely N-dealkylation sites (N-methyl/N-ethyl adjacent to an activating group) is 1. The van der Waals surface area contributed by atoms with Gasteiger partial charge in [0.25, 0.3) is 0 Å². The maximum atomic E-state index is 12.1. The van der Waals surface area contributed by atoms with E-state index in [0.29, 0.717) is 19.0 Å². The van der Waals surface area contributed by atoms with Crippen LogP contribution in [0.3, 0.4) is 0 Å². The molecular formula is C20H33N5O3S. The number of piperidine rings is 1. The number of ether oxygens (including phenoxy) is 1. The quantitative estimate of drug-likeness (QED) is 0.456. The number of likely N-dealkylation sites (tertiary alicyclic amines) is 1. The minimum atomic E-state index is -0.0390. The fraction of sp³-hybridized carbons (Fsp3) is 0.650. The molecule has 0 bridgehead atoms. The molecule has 0 aliphatic carbocycles. The number of carbonyl (C=O) groups is 2. The van der Waals surface area contributed by atoms with Crippen LogP contribution in [0, 0.1) is 0 Å². The minimum Gasteiger partial charge on any atom is -0.384 e. The highest BCUT2D eigenvalue weighted by molar-refractivity contribution is 7.09. The van der Waals surface area contributed by atoms with E-state index in [4.69, 9.17) is 4.74 Å². The van der Waals surface area contributed by atoms with Gasteiger partial charge in [0.2, 0.25) is 11.8 Å². The van der Waals surface area contributed by atoms with E-state index in [2.05, 4.69) is 27.1 Å². The summed E-state index contributed by atoms with van der Waals surface area (Å²) in [5.74, 6) is 0.758. The number of hydrogen-bond donors (Lipinski definition) is 2. The molecule has 1 aromatic heterocycles. The number of rotatable bonds is 9. The lowest BCUT2D eigenvalue weighted by Gasteiger charge is -2.33. The number of nitrogens with one attached hydrogen (secondary N) is 2. The third kappa shape index (κ3) is 8.41. The summed E-state index contributed by atoms with van der Waals surface area (Å²) in [6.07, 6.45) is 3.04. The molecule has 0 aromatic carbocycles. The normalized spacial score (nSPS) is 15.3. The van der Waals surface area contributed by atoms with Crippen molar-refractivity contribution in [3.63, 3.8) is 0 Å². The molecule has 0 atom stereocenters. The first-order chi connectivity index (χ1) is 14.0. The topological polar surface area (TPSA) is 86.3 Å². The summed E-state index contributed by atoms with van der Waals surface area (Å²) in [6, 6.07) is 4.39. The molecule has 1 aliphatic rings. The minimum absolute atomic E-state index is 0.0390. The Morgan fingerprint density at radius 1 is 1.34 bits per heavy atom. The standard InChI is InChI=1S/C20H33N5O3S/c1-24(2)19(27)15-22-20(21-10-6-17-5-4-14-29-17)23-16-7-11-25(12-8-16)18(26)9-13-28-3/h4-5,14,16H,6-13,15H2,1-3H3,(H2,21,22,23). The molecule has 0 radical (unpaired) electrons. The van der Waals surface area contributed by atoms with E-state index in [-0.39, 0.29) is 24.4 Å². The highest BCUT2D eigenvalue weighted by Gasteiger charge is 2.23. The van der Waals surface area contributed by atoms with Gasteiger partial charge in [-0.25, -0.2) is 4.99 Å². The predicted octanol–water partition coefficient (Wildman–Crippen LogP) is 0.942. The Labute approximate surface area is 177 Å². The number of aliphatic imine (C=N–C) groups is 1. The summed E-state index contributed by atoms with van der Waals surface area (Å²) in [5.41, 5.74) is 0. The fourth-order valence-corrected chi connectivity index (χ4v) is 3.72. The van der Waals surface area contributed by atoms with Crippen LogP contribution in [0.4, 0.5) is 0 Å². The van der Waals surface area contributed by atoms with Gasteiger partial charge in [0.15, 0.2) is 5.96 Å². The largest absolute Gasteiger partial charge is 0.384 e. The molecule has 29 heavy (non-hydrogen) atoms. The third-order valence-corrected chi connectivity index (χ3v) is 5.76. The zero-order valence-electron chi connectivity index (χ0n) is 17.6. The van der Waals surface area contributed by atoms with Crippen molar-refractivity contribution in [2.24, 2.45) is 4.99 Å². The van der Waals surface area contributed by atoms with Gasteiger partial charge in [0, 0.05) is 51.8 Å². The van der Waals surface area contributed by atoms with E-state index >= 15 is 0 Å². The van der Waals surface area contributed by atoms with Gasteiger partial charge < -0.3 is 25.2 Å². The molecule has 2 rings (SSSR count). The first-order valence-corrected chi connectivity index (χ1v) is 10.9. The van der Waals surface area contributed by atoms with Crippen LogP contribution in [0.1, 0.15) is 24.1 Å². The second-order valence-electron chi connectivity index (χ2n) is 7.25. The van der Waals surface area contributed by atoms with Gasteiger partial charge in [-0.3, -0.25) is 9.59 Å². The lowest BCUT2D eigenvalue weighted by atomic mass is 10.0. The second-order valence-corrected chi connectivity index (χ2v) is 8.28. The molecule has 1 aliphatic heterocycles. The van der Waals surface area contributed by atoms with Crippen molar-refractivity contribution in [1.29, 1.82) is 0 Å². The molecule has 2 heterocycles. The van der Waals surface area contributed by atoms with Crippen LogP contribution >= 0.6 is 11.3 Å². The first kappa shape index (κ1) is 23.2. The van der Waals surface area contributed by atoms with Gasteiger partial charge >= 0.3 is 0 Å². The van der Waals surface area contributed by atoms with E-state index in [9.17, 15) is 9.59 Å². The van der Waals surface area contributed by atoms with Crippen LogP contribution in [-0.4, -0.2) is 87.6 Å². The van der Waals surface area contributed by atoms with Gasteiger partial charge in [-0.1, -0.05) is 6.07 Å². The Balaban J connectivity index is 1.85. The average molecular weight is 424 g/mol. The molecule has 162 valence electrons. The Hall–Kier alpha value is -2.13. The number of amides is 2. The lowest BCUT2D eigenvalue weighted by Crippen LogP contribution is -2.50. The van der Waals surface area contributed by atoms with Crippen molar-refractivity contribution in [3.05, 3.63) is 22.4 Å². The summed E-state index contributed by atoms with van der Waals surface area (Å²) in [6.45, 7) is 2.76. The van der Waals surface area contributed by atoms with Crippen molar-refractivity contribution in [2.45, 2.75) is 31.7 Å². The number of nitrogens with zero attached hydrogens (tertiary/aromatic N) is 3. The van der Waals surface area contributed by atoms with Gasteiger partial charge in [-0.2, -0.15) is 0 Å². The maximum absolute atomic E-state index is 12.1. The second kappa shape index (κ2) is 12.4. The molecule has 1 saturated heterocycles. The fourth-order valence-electron chi connectivity index (χ4n) is 3.01. The molecule has 2 N–H and O–H groups in total. The Kier molecular flexibility index (Phi) is 9.93. The van der Waals surface area contributed by atoms with Crippen molar-refractivity contribution < 1.29 is 14.3 Å².